The molecule has 0 bridgehead atoms. The highest BCUT2D eigenvalue weighted by Crippen LogP contribution is 2.32. The number of urea groups is 1. The van der Waals surface area contributed by atoms with Gasteiger partial charge in [0, 0.05) is 25.4 Å². The van der Waals surface area contributed by atoms with Gasteiger partial charge in [0.25, 0.3) is 0 Å². The Hall–Kier alpha value is -1.40. The summed E-state index contributed by atoms with van der Waals surface area (Å²) in [5, 5.41) is 13.3. The molecule has 0 aromatic rings. The van der Waals surface area contributed by atoms with Crippen molar-refractivity contribution < 1.29 is 23.5 Å². The number of carboxylic acid groups (broad SMARTS) is 1. The first-order valence-electron chi connectivity index (χ1n) is 5.53. The van der Waals surface area contributed by atoms with Crippen LogP contribution in [0.2, 0.25) is 0 Å². The van der Waals surface area contributed by atoms with Crippen molar-refractivity contribution in [1.29, 1.82) is 0 Å². The third-order valence-corrected chi connectivity index (χ3v) is 2.68. The van der Waals surface area contributed by atoms with E-state index in [1.807, 2.05) is 0 Å². The predicted molar refractivity (Wildman–Crippen MR) is 56.0 cm³/mol. The van der Waals surface area contributed by atoms with Gasteiger partial charge < -0.3 is 15.7 Å². The zero-order valence-corrected chi connectivity index (χ0v) is 9.34. The largest absolute Gasteiger partial charge is 0.481 e. The number of rotatable bonds is 4. The molecule has 0 atom stereocenters. The van der Waals surface area contributed by atoms with Crippen LogP contribution in [0.15, 0.2) is 0 Å². The van der Waals surface area contributed by atoms with Crippen molar-refractivity contribution in [2.24, 2.45) is 0 Å². The van der Waals surface area contributed by atoms with E-state index in [0.717, 1.165) is 0 Å². The van der Waals surface area contributed by atoms with E-state index in [9.17, 15) is 18.4 Å². The molecule has 5 nitrogen and oxygen atoms in total. The van der Waals surface area contributed by atoms with Crippen molar-refractivity contribution in [3.05, 3.63) is 0 Å². The van der Waals surface area contributed by atoms with Crippen molar-refractivity contribution in [3.8, 4) is 0 Å². The Bertz CT molecular complexity index is 287. The third kappa shape index (κ3) is 5.46. The lowest BCUT2D eigenvalue weighted by atomic mass is 9.92. The van der Waals surface area contributed by atoms with Gasteiger partial charge in [0.1, 0.15) is 0 Å². The maximum absolute atomic E-state index is 12.8. The minimum Gasteiger partial charge on any atom is -0.481 e. The van der Waals surface area contributed by atoms with Gasteiger partial charge in [0.2, 0.25) is 5.92 Å². The number of carbonyl (C=O) groups excluding carboxylic acids is 1. The van der Waals surface area contributed by atoms with E-state index >= 15 is 0 Å². The number of halogens is 2. The second-order valence-electron chi connectivity index (χ2n) is 4.17. The van der Waals surface area contributed by atoms with Crippen LogP contribution in [-0.2, 0) is 4.79 Å². The fraction of sp³-hybridized carbons (Fsp3) is 0.800. The number of hydrogen-bond acceptors (Lipinski definition) is 2. The van der Waals surface area contributed by atoms with Crippen LogP contribution in [0.25, 0.3) is 0 Å². The van der Waals surface area contributed by atoms with Gasteiger partial charge in [0.05, 0.1) is 6.42 Å². The summed E-state index contributed by atoms with van der Waals surface area (Å²) in [7, 11) is 0. The van der Waals surface area contributed by atoms with Crippen LogP contribution in [0.4, 0.5) is 13.6 Å². The Morgan fingerprint density at radius 1 is 1.29 bits per heavy atom. The van der Waals surface area contributed by atoms with Crippen LogP contribution in [0.3, 0.4) is 0 Å². The molecule has 0 unspecified atom stereocenters. The first-order valence-corrected chi connectivity index (χ1v) is 5.53. The van der Waals surface area contributed by atoms with Crippen LogP contribution in [0, 0.1) is 0 Å². The average molecular weight is 250 g/mol. The summed E-state index contributed by atoms with van der Waals surface area (Å²) in [6.07, 6.45) is -0.0883. The van der Waals surface area contributed by atoms with Gasteiger partial charge in [-0.3, -0.25) is 4.79 Å². The maximum atomic E-state index is 12.8. The molecule has 0 saturated heterocycles. The van der Waals surface area contributed by atoms with Gasteiger partial charge in [-0.15, -0.1) is 0 Å². The number of carboxylic acids is 1. The average Bonchev–Trinajstić information content (AvgIpc) is 2.21. The van der Waals surface area contributed by atoms with Gasteiger partial charge in [-0.2, -0.15) is 0 Å². The van der Waals surface area contributed by atoms with Crippen LogP contribution < -0.4 is 10.6 Å². The molecule has 7 heteroatoms. The Morgan fingerprint density at radius 3 is 2.41 bits per heavy atom. The number of carbonyl (C=O) groups is 2. The van der Waals surface area contributed by atoms with Gasteiger partial charge in [-0.25, -0.2) is 13.6 Å². The van der Waals surface area contributed by atoms with Crippen LogP contribution in [0.5, 0.6) is 0 Å². The van der Waals surface area contributed by atoms with Gasteiger partial charge in [0.15, 0.2) is 0 Å². The molecule has 1 saturated carbocycles. The molecule has 98 valence electrons. The Labute approximate surface area is 97.6 Å². The topological polar surface area (TPSA) is 78.4 Å². The van der Waals surface area contributed by atoms with Crippen LogP contribution >= 0.6 is 0 Å². The maximum Gasteiger partial charge on any atom is 0.315 e. The lowest BCUT2D eigenvalue weighted by molar-refractivity contribution is -0.136. The molecule has 1 aliphatic rings. The number of nitrogens with one attached hydrogen (secondary N) is 2. The molecular weight excluding hydrogens is 234 g/mol. The van der Waals surface area contributed by atoms with E-state index in [0.29, 0.717) is 0 Å². The van der Waals surface area contributed by atoms with Gasteiger partial charge in [-0.05, 0) is 12.8 Å². The van der Waals surface area contributed by atoms with E-state index in [2.05, 4.69) is 10.6 Å². The fourth-order valence-corrected chi connectivity index (χ4v) is 1.70. The Morgan fingerprint density at radius 2 is 1.88 bits per heavy atom. The fourth-order valence-electron chi connectivity index (χ4n) is 1.70. The number of amides is 2. The van der Waals surface area contributed by atoms with Crippen molar-refractivity contribution in [3.63, 3.8) is 0 Å². The molecule has 1 fully saturated rings. The van der Waals surface area contributed by atoms with E-state index in [-0.39, 0.29) is 44.7 Å². The summed E-state index contributed by atoms with van der Waals surface area (Å²) in [6, 6.07) is -0.749. The molecule has 0 spiro atoms. The van der Waals surface area contributed by atoms with Crippen LogP contribution in [-0.4, -0.2) is 35.6 Å². The monoisotopic (exact) mass is 250 g/mol. The molecular formula is C10H16F2N2O3. The lowest BCUT2D eigenvalue weighted by Crippen LogP contribution is -2.45. The second-order valence-corrected chi connectivity index (χ2v) is 4.17. The first-order chi connectivity index (χ1) is 7.89. The van der Waals surface area contributed by atoms with E-state index in [4.69, 9.17) is 5.11 Å². The highest BCUT2D eigenvalue weighted by atomic mass is 19.3. The van der Waals surface area contributed by atoms with E-state index in [1.165, 1.54) is 0 Å². The van der Waals surface area contributed by atoms with Crippen molar-refractivity contribution in [2.75, 3.05) is 6.54 Å². The first kappa shape index (κ1) is 13.7. The van der Waals surface area contributed by atoms with Crippen LogP contribution in [0.1, 0.15) is 32.1 Å². The number of alkyl halides is 2. The quantitative estimate of drug-likeness (QED) is 0.704. The Kier molecular flexibility index (Phi) is 4.65. The summed E-state index contributed by atoms with van der Waals surface area (Å²) < 4.78 is 25.6. The highest BCUT2D eigenvalue weighted by Gasteiger charge is 2.35. The highest BCUT2D eigenvalue weighted by molar-refractivity contribution is 5.75. The molecule has 0 aromatic heterocycles. The third-order valence-electron chi connectivity index (χ3n) is 2.68. The van der Waals surface area contributed by atoms with Crippen molar-refractivity contribution in [2.45, 2.75) is 44.1 Å². The molecule has 3 N–H and O–H groups in total. The molecule has 0 aliphatic heterocycles. The summed E-state index contributed by atoms with van der Waals surface area (Å²) in [6.45, 7) is 0.0318. The van der Waals surface area contributed by atoms with Crippen molar-refractivity contribution in [1.82, 2.24) is 10.6 Å². The zero-order chi connectivity index (χ0) is 12.9. The zero-order valence-electron chi connectivity index (χ0n) is 9.34. The van der Waals surface area contributed by atoms with E-state index < -0.39 is 17.9 Å². The van der Waals surface area contributed by atoms with E-state index in [1.54, 1.807) is 0 Å². The summed E-state index contributed by atoms with van der Waals surface area (Å²) in [4.78, 5) is 21.4. The standard InChI is InChI=1S/C10H16F2N2O3/c11-10(12)4-1-7(2-5-10)14-9(17)13-6-3-8(15)16/h7H,1-6H2,(H,15,16)(H2,13,14,17). The van der Waals surface area contributed by atoms with Crippen molar-refractivity contribution >= 4 is 12.0 Å². The molecule has 17 heavy (non-hydrogen) atoms. The summed E-state index contributed by atoms with van der Waals surface area (Å²) in [5.41, 5.74) is 0. The summed E-state index contributed by atoms with van der Waals surface area (Å²) in [5.74, 6) is -3.61. The number of hydrogen-bond donors (Lipinski definition) is 3. The van der Waals surface area contributed by atoms with Gasteiger partial charge >= 0.3 is 12.0 Å². The summed E-state index contributed by atoms with van der Waals surface area (Å²) >= 11 is 0. The minimum absolute atomic E-state index is 0.0318. The Balaban J connectivity index is 2.17. The smallest absolute Gasteiger partial charge is 0.315 e. The second kappa shape index (κ2) is 5.79. The SMILES string of the molecule is O=C(O)CCNC(=O)NC1CCC(F)(F)CC1. The molecule has 1 rings (SSSR count). The van der Waals surface area contributed by atoms with Gasteiger partial charge in [-0.1, -0.05) is 0 Å². The molecule has 0 radical (unpaired) electrons. The minimum atomic E-state index is -2.61. The molecule has 0 heterocycles. The number of aliphatic carboxylic acids is 1. The predicted octanol–water partition coefficient (Wildman–Crippen LogP) is 1.34. The molecule has 0 aromatic carbocycles. The normalized spacial score (nSPS) is 19.6. The molecule has 2 amide bonds. The molecule has 1 aliphatic carbocycles. The lowest BCUT2D eigenvalue weighted by Gasteiger charge is -2.28.